The Morgan fingerprint density at radius 1 is 1.17 bits per heavy atom. The standard InChI is InChI=1S/C19H24BrN3O/c1-12-16(21)23-19(22-12)15-10-14(20)5-4-13(15)11-18(19)8-6-17(2,24-3)7-9-18/h4-5,10H,6-9,11H2,1-3H3,(H2,21,23). The van der Waals surface area contributed by atoms with Gasteiger partial charge in [-0.25, -0.2) is 4.99 Å². The summed E-state index contributed by atoms with van der Waals surface area (Å²) in [6.07, 6.45) is 5.19. The summed E-state index contributed by atoms with van der Waals surface area (Å²) in [4.78, 5) is 10.0. The zero-order valence-corrected chi connectivity index (χ0v) is 16.1. The second-order valence-electron chi connectivity index (χ2n) is 7.78. The Balaban J connectivity index is 1.85. The van der Waals surface area contributed by atoms with Gasteiger partial charge in [-0.15, -0.1) is 0 Å². The van der Waals surface area contributed by atoms with Crippen LogP contribution < -0.4 is 5.73 Å². The van der Waals surface area contributed by atoms with Crippen molar-refractivity contribution < 1.29 is 4.74 Å². The molecule has 4 rings (SSSR count). The van der Waals surface area contributed by atoms with Gasteiger partial charge in [0.05, 0.1) is 11.3 Å². The Morgan fingerprint density at radius 3 is 2.46 bits per heavy atom. The van der Waals surface area contributed by atoms with Crippen molar-refractivity contribution in [1.29, 1.82) is 0 Å². The van der Waals surface area contributed by atoms with E-state index >= 15 is 0 Å². The Kier molecular flexibility index (Phi) is 3.49. The maximum Gasteiger partial charge on any atom is 0.184 e. The molecule has 1 fully saturated rings. The van der Waals surface area contributed by atoms with Crippen LogP contribution in [0.4, 0.5) is 0 Å². The molecule has 5 heteroatoms. The Morgan fingerprint density at radius 2 is 1.88 bits per heavy atom. The molecule has 1 aromatic carbocycles. The molecular formula is C19H24BrN3O. The van der Waals surface area contributed by atoms with Gasteiger partial charge in [-0.1, -0.05) is 22.0 Å². The van der Waals surface area contributed by atoms with Gasteiger partial charge in [-0.05, 0) is 63.6 Å². The molecule has 0 bridgehead atoms. The highest BCUT2D eigenvalue weighted by Crippen LogP contribution is 2.62. The van der Waals surface area contributed by atoms with Crippen molar-refractivity contribution >= 4 is 27.5 Å². The number of hydrogen-bond donors (Lipinski definition) is 1. The first-order valence-electron chi connectivity index (χ1n) is 8.59. The van der Waals surface area contributed by atoms with Gasteiger partial charge in [0.15, 0.2) is 5.66 Å². The van der Waals surface area contributed by atoms with Crippen molar-refractivity contribution in [3.63, 3.8) is 0 Å². The number of amidine groups is 1. The van der Waals surface area contributed by atoms with Crippen LogP contribution in [0.5, 0.6) is 0 Å². The van der Waals surface area contributed by atoms with Gasteiger partial charge in [0.25, 0.3) is 0 Å². The lowest BCUT2D eigenvalue weighted by Gasteiger charge is -2.47. The quantitative estimate of drug-likeness (QED) is 0.789. The molecule has 1 unspecified atom stereocenters. The van der Waals surface area contributed by atoms with Crippen LogP contribution in [0.3, 0.4) is 0 Å². The molecule has 24 heavy (non-hydrogen) atoms. The first-order valence-corrected chi connectivity index (χ1v) is 9.39. The normalized spacial score (nSPS) is 37.7. The molecule has 2 N–H and O–H groups in total. The third-order valence-corrected chi connectivity index (χ3v) is 6.95. The molecule has 1 aliphatic heterocycles. The minimum absolute atomic E-state index is 0.0105. The molecule has 4 nitrogen and oxygen atoms in total. The summed E-state index contributed by atoms with van der Waals surface area (Å²) in [7, 11) is 1.82. The molecule has 2 aliphatic carbocycles. The molecule has 2 spiro atoms. The van der Waals surface area contributed by atoms with Gasteiger partial charge in [-0.3, -0.25) is 4.99 Å². The third kappa shape index (κ3) is 2.07. The van der Waals surface area contributed by atoms with Crippen LogP contribution in [-0.4, -0.2) is 24.3 Å². The first-order chi connectivity index (χ1) is 11.3. The zero-order valence-electron chi connectivity index (χ0n) is 14.5. The Bertz CT molecular complexity index is 742. The van der Waals surface area contributed by atoms with Gasteiger partial charge in [-0.2, -0.15) is 0 Å². The lowest BCUT2D eigenvalue weighted by molar-refractivity contribution is -0.0679. The van der Waals surface area contributed by atoms with Gasteiger partial charge >= 0.3 is 0 Å². The fraction of sp³-hybridized carbons (Fsp3) is 0.579. The van der Waals surface area contributed by atoms with Gasteiger partial charge < -0.3 is 10.5 Å². The third-order valence-electron chi connectivity index (χ3n) is 6.46. The van der Waals surface area contributed by atoms with E-state index in [0.717, 1.165) is 42.3 Å². The Labute approximate surface area is 151 Å². The van der Waals surface area contributed by atoms with Crippen LogP contribution in [0, 0.1) is 5.41 Å². The summed E-state index contributed by atoms with van der Waals surface area (Å²) < 4.78 is 6.84. The summed E-state index contributed by atoms with van der Waals surface area (Å²) in [5.41, 5.74) is 9.05. The second kappa shape index (κ2) is 5.15. The lowest BCUT2D eigenvalue weighted by atomic mass is 9.63. The lowest BCUT2D eigenvalue weighted by Crippen LogP contribution is -2.46. The highest BCUT2D eigenvalue weighted by atomic mass is 79.9. The van der Waals surface area contributed by atoms with E-state index in [2.05, 4.69) is 41.1 Å². The molecule has 0 aromatic heterocycles. The molecule has 3 aliphatic rings. The van der Waals surface area contributed by atoms with E-state index in [1.54, 1.807) is 0 Å². The van der Waals surface area contributed by atoms with Gasteiger partial charge in [0, 0.05) is 22.6 Å². The Hall–Kier alpha value is -1.20. The molecule has 1 saturated carbocycles. The largest absolute Gasteiger partial charge is 0.382 e. The van der Waals surface area contributed by atoms with Crippen LogP contribution in [-0.2, 0) is 16.8 Å². The fourth-order valence-corrected chi connectivity index (χ4v) is 5.09. The number of ether oxygens (including phenoxy) is 1. The van der Waals surface area contributed by atoms with E-state index in [4.69, 9.17) is 20.5 Å². The first kappa shape index (κ1) is 16.3. The van der Waals surface area contributed by atoms with E-state index in [1.165, 1.54) is 11.1 Å². The molecule has 0 amide bonds. The summed E-state index contributed by atoms with van der Waals surface area (Å²) in [5.74, 6) is 0.585. The van der Waals surface area contributed by atoms with Crippen LogP contribution in [0.15, 0.2) is 32.7 Å². The maximum absolute atomic E-state index is 6.18. The van der Waals surface area contributed by atoms with E-state index in [9.17, 15) is 0 Å². The molecule has 128 valence electrons. The number of aliphatic imine (C=N–C) groups is 2. The zero-order chi connectivity index (χ0) is 17.2. The van der Waals surface area contributed by atoms with Crippen molar-refractivity contribution in [2.75, 3.05) is 7.11 Å². The summed E-state index contributed by atoms with van der Waals surface area (Å²) in [6, 6.07) is 6.52. The van der Waals surface area contributed by atoms with Gasteiger partial charge in [0.2, 0.25) is 0 Å². The minimum atomic E-state index is -0.546. The highest BCUT2D eigenvalue weighted by Gasteiger charge is 2.61. The van der Waals surface area contributed by atoms with E-state index < -0.39 is 5.66 Å². The number of halogens is 1. The topological polar surface area (TPSA) is 60.0 Å². The number of nitrogens with two attached hydrogens (primary N) is 1. The van der Waals surface area contributed by atoms with E-state index in [1.807, 2.05) is 14.0 Å². The van der Waals surface area contributed by atoms with Crippen molar-refractivity contribution in [3.8, 4) is 0 Å². The van der Waals surface area contributed by atoms with Crippen LogP contribution in [0.1, 0.15) is 50.7 Å². The van der Waals surface area contributed by atoms with E-state index in [-0.39, 0.29) is 11.0 Å². The second-order valence-corrected chi connectivity index (χ2v) is 8.69. The maximum atomic E-state index is 6.18. The van der Waals surface area contributed by atoms with Crippen molar-refractivity contribution in [2.24, 2.45) is 21.1 Å². The predicted octanol–water partition coefficient (Wildman–Crippen LogP) is 3.96. The molecule has 1 atom stereocenters. The number of nitrogens with zero attached hydrogens (tertiary/aromatic N) is 2. The number of fused-ring (bicyclic) bond motifs is 3. The average molecular weight is 390 g/mol. The summed E-state index contributed by atoms with van der Waals surface area (Å²) >= 11 is 3.62. The van der Waals surface area contributed by atoms with Crippen LogP contribution in [0.25, 0.3) is 0 Å². The van der Waals surface area contributed by atoms with Crippen LogP contribution in [0.2, 0.25) is 0 Å². The summed E-state index contributed by atoms with van der Waals surface area (Å²) in [6.45, 7) is 4.19. The number of hydrogen-bond acceptors (Lipinski definition) is 4. The smallest absolute Gasteiger partial charge is 0.184 e. The fourth-order valence-electron chi connectivity index (χ4n) is 4.73. The number of methoxy groups -OCH3 is 1. The molecule has 1 heterocycles. The monoisotopic (exact) mass is 389 g/mol. The molecular weight excluding hydrogens is 366 g/mol. The van der Waals surface area contributed by atoms with Crippen molar-refractivity contribution in [2.45, 2.75) is 57.2 Å². The highest BCUT2D eigenvalue weighted by molar-refractivity contribution is 9.10. The van der Waals surface area contributed by atoms with Gasteiger partial charge in [0.1, 0.15) is 5.84 Å². The van der Waals surface area contributed by atoms with Crippen molar-refractivity contribution in [1.82, 2.24) is 0 Å². The number of rotatable bonds is 1. The molecule has 0 saturated heterocycles. The minimum Gasteiger partial charge on any atom is -0.382 e. The van der Waals surface area contributed by atoms with Crippen LogP contribution >= 0.6 is 15.9 Å². The summed E-state index contributed by atoms with van der Waals surface area (Å²) in [5, 5.41) is 0. The molecule has 1 aromatic rings. The number of benzene rings is 1. The SMILES string of the molecule is COC1(C)CCC2(CC1)Cc1ccc(Br)cc1C21N=C(C)C(N)=N1. The van der Waals surface area contributed by atoms with Crippen molar-refractivity contribution in [3.05, 3.63) is 33.8 Å². The predicted molar refractivity (Wildman–Crippen MR) is 101 cm³/mol. The average Bonchev–Trinajstić information content (AvgIpc) is 3.00. The molecule has 0 radical (unpaired) electrons. The van der Waals surface area contributed by atoms with E-state index in [0.29, 0.717) is 5.84 Å².